The number of hydrogen-bond donors (Lipinski definition) is 2. The zero-order chi connectivity index (χ0) is 20.6. The number of nitrogens with one attached hydrogen (secondary N) is 2. The molecule has 0 aliphatic rings. The standard InChI is InChI=1S/C21H23FN4O3/c1-29-14-21(28)23-11-10-19-25-17-4-2-3-5-18(17)26(19)13-20(27)24-12-15-6-8-16(22)9-7-15/h2-9H,10-14H2,1H3,(H,23,28)(H,24,27). The first kappa shape index (κ1) is 20.5. The van der Waals surface area contributed by atoms with Crippen LogP contribution in [-0.4, -0.2) is 41.6 Å². The van der Waals surface area contributed by atoms with E-state index in [0.717, 1.165) is 16.6 Å². The fourth-order valence-corrected chi connectivity index (χ4v) is 2.99. The summed E-state index contributed by atoms with van der Waals surface area (Å²) in [4.78, 5) is 28.6. The number of hydrogen-bond acceptors (Lipinski definition) is 4. The van der Waals surface area contributed by atoms with Gasteiger partial charge in [0.15, 0.2) is 0 Å². The second-order valence-corrected chi connectivity index (χ2v) is 6.54. The topological polar surface area (TPSA) is 85.2 Å². The summed E-state index contributed by atoms with van der Waals surface area (Å²) < 4.78 is 19.6. The van der Waals surface area contributed by atoms with Crippen molar-refractivity contribution in [3.05, 3.63) is 65.7 Å². The second kappa shape index (κ2) is 9.79. The van der Waals surface area contributed by atoms with Crippen LogP contribution in [0.25, 0.3) is 11.0 Å². The average molecular weight is 398 g/mol. The molecular weight excluding hydrogens is 375 g/mol. The van der Waals surface area contributed by atoms with Crippen LogP contribution in [0.1, 0.15) is 11.4 Å². The molecule has 8 heteroatoms. The van der Waals surface area contributed by atoms with Gasteiger partial charge in [-0.2, -0.15) is 0 Å². The van der Waals surface area contributed by atoms with Gasteiger partial charge in [0.05, 0.1) is 11.0 Å². The van der Waals surface area contributed by atoms with Crippen molar-refractivity contribution in [3.63, 3.8) is 0 Å². The van der Waals surface area contributed by atoms with Crippen LogP contribution in [0.4, 0.5) is 4.39 Å². The summed E-state index contributed by atoms with van der Waals surface area (Å²) in [6.07, 6.45) is 0.482. The summed E-state index contributed by atoms with van der Waals surface area (Å²) in [6, 6.07) is 13.6. The predicted octanol–water partition coefficient (Wildman–Crippen LogP) is 1.80. The Bertz CT molecular complexity index is 985. The number of carbonyl (C=O) groups is 2. The number of amides is 2. The average Bonchev–Trinajstić information content (AvgIpc) is 3.05. The highest BCUT2D eigenvalue weighted by atomic mass is 19.1. The second-order valence-electron chi connectivity index (χ2n) is 6.54. The van der Waals surface area contributed by atoms with Gasteiger partial charge in [-0.15, -0.1) is 0 Å². The van der Waals surface area contributed by atoms with Crippen molar-refractivity contribution in [2.75, 3.05) is 20.3 Å². The Kier molecular flexibility index (Phi) is 6.91. The quantitative estimate of drug-likeness (QED) is 0.576. The van der Waals surface area contributed by atoms with Gasteiger partial charge in [0.1, 0.15) is 24.8 Å². The van der Waals surface area contributed by atoms with Crippen LogP contribution in [0.3, 0.4) is 0 Å². The molecule has 3 aromatic rings. The lowest BCUT2D eigenvalue weighted by molar-refractivity contribution is -0.124. The molecule has 1 aromatic heterocycles. The molecule has 0 saturated carbocycles. The number of rotatable bonds is 9. The number of imidazole rings is 1. The Labute approximate surface area is 167 Å². The minimum absolute atomic E-state index is 0.00219. The molecular formula is C21H23FN4O3. The molecule has 3 rings (SSSR count). The van der Waals surface area contributed by atoms with E-state index in [1.807, 2.05) is 28.8 Å². The van der Waals surface area contributed by atoms with Gasteiger partial charge in [0, 0.05) is 26.6 Å². The highest BCUT2D eigenvalue weighted by Crippen LogP contribution is 2.16. The molecule has 7 nitrogen and oxygen atoms in total. The molecule has 1 heterocycles. The third-order valence-electron chi connectivity index (χ3n) is 4.38. The summed E-state index contributed by atoms with van der Waals surface area (Å²) in [5.74, 6) is 0.0161. The van der Waals surface area contributed by atoms with E-state index >= 15 is 0 Å². The van der Waals surface area contributed by atoms with E-state index in [9.17, 15) is 14.0 Å². The number of benzene rings is 2. The van der Waals surface area contributed by atoms with E-state index in [1.165, 1.54) is 19.2 Å². The van der Waals surface area contributed by atoms with E-state index in [-0.39, 0.29) is 30.8 Å². The maximum atomic E-state index is 13.0. The molecule has 0 saturated heterocycles. The number of methoxy groups -OCH3 is 1. The minimum Gasteiger partial charge on any atom is -0.375 e. The number of ether oxygens (including phenoxy) is 1. The molecule has 0 aliphatic heterocycles. The van der Waals surface area contributed by atoms with Crippen LogP contribution >= 0.6 is 0 Å². The van der Waals surface area contributed by atoms with E-state index in [1.54, 1.807) is 12.1 Å². The van der Waals surface area contributed by atoms with Crippen molar-refractivity contribution in [3.8, 4) is 0 Å². The normalized spacial score (nSPS) is 10.8. The van der Waals surface area contributed by atoms with Crippen LogP contribution < -0.4 is 10.6 Å². The lowest BCUT2D eigenvalue weighted by atomic mass is 10.2. The Morgan fingerprint density at radius 2 is 1.83 bits per heavy atom. The molecule has 0 radical (unpaired) electrons. The fraction of sp³-hybridized carbons (Fsp3) is 0.286. The predicted molar refractivity (Wildman–Crippen MR) is 107 cm³/mol. The number of aromatic nitrogens is 2. The van der Waals surface area contributed by atoms with Crippen LogP contribution in [0.5, 0.6) is 0 Å². The van der Waals surface area contributed by atoms with Crippen LogP contribution in [0.15, 0.2) is 48.5 Å². The van der Waals surface area contributed by atoms with Crippen LogP contribution in [0.2, 0.25) is 0 Å². The largest absolute Gasteiger partial charge is 0.375 e. The molecule has 2 amide bonds. The van der Waals surface area contributed by atoms with Gasteiger partial charge < -0.3 is 19.9 Å². The molecule has 152 valence electrons. The lowest BCUT2D eigenvalue weighted by Gasteiger charge is -2.11. The third kappa shape index (κ3) is 5.61. The first-order valence-corrected chi connectivity index (χ1v) is 9.27. The number of nitrogens with zero attached hydrogens (tertiary/aromatic N) is 2. The number of para-hydroxylation sites is 2. The highest BCUT2D eigenvalue weighted by Gasteiger charge is 2.14. The number of carbonyl (C=O) groups excluding carboxylic acids is 2. The van der Waals surface area contributed by atoms with E-state index in [0.29, 0.717) is 25.3 Å². The van der Waals surface area contributed by atoms with Gasteiger partial charge in [0.2, 0.25) is 11.8 Å². The molecule has 0 bridgehead atoms. The maximum absolute atomic E-state index is 13.0. The molecule has 0 atom stereocenters. The Morgan fingerprint density at radius 3 is 2.59 bits per heavy atom. The maximum Gasteiger partial charge on any atom is 0.245 e. The third-order valence-corrected chi connectivity index (χ3v) is 4.38. The summed E-state index contributed by atoms with van der Waals surface area (Å²) in [5.41, 5.74) is 2.45. The van der Waals surface area contributed by atoms with Crippen molar-refractivity contribution >= 4 is 22.8 Å². The van der Waals surface area contributed by atoms with E-state index < -0.39 is 0 Å². The zero-order valence-corrected chi connectivity index (χ0v) is 16.2. The van der Waals surface area contributed by atoms with Crippen LogP contribution in [0, 0.1) is 5.82 Å². The van der Waals surface area contributed by atoms with E-state index in [4.69, 9.17) is 4.74 Å². The highest BCUT2D eigenvalue weighted by molar-refractivity contribution is 5.81. The molecule has 0 unspecified atom stereocenters. The monoisotopic (exact) mass is 398 g/mol. The van der Waals surface area contributed by atoms with Crippen LogP contribution in [-0.2, 0) is 33.8 Å². The first-order valence-electron chi connectivity index (χ1n) is 9.27. The minimum atomic E-state index is -0.313. The van der Waals surface area contributed by atoms with Gasteiger partial charge in [0.25, 0.3) is 0 Å². The summed E-state index contributed by atoms with van der Waals surface area (Å²) in [7, 11) is 1.46. The van der Waals surface area contributed by atoms with Crippen molar-refractivity contribution in [1.29, 1.82) is 0 Å². The molecule has 0 spiro atoms. The van der Waals surface area contributed by atoms with Crippen molar-refractivity contribution in [2.24, 2.45) is 0 Å². The molecule has 29 heavy (non-hydrogen) atoms. The SMILES string of the molecule is COCC(=O)NCCc1nc2ccccc2n1CC(=O)NCc1ccc(F)cc1. The van der Waals surface area contributed by atoms with Gasteiger partial charge in [-0.05, 0) is 29.8 Å². The zero-order valence-electron chi connectivity index (χ0n) is 16.2. The molecule has 0 aliphatic carbocycles. The van der Waals surface area contributed by atoms with Crippen molar-refractivity contribution < 1.29 is 18.7 Å². The number of fused-ring (bicyclic) bond motifs is 1. The molecule has 2 aromatic carbocycles. The van der Waals surface area contributed by atoms with E-state index in [2.05, 4.69) is 15.6 Å². The summed E-state index contributed by atoms with van der Waals surface area (Å²) in [5, 5.41) is 5.60. The molecule has 2 N–H and O–H groups in total. The van der Waals surface area contributed by atoms with Crippen molar-refractivity contribution in [1.82, 2.24) is 20.2 Å². The lowest BCUT2D eigenvalue weighted by Crippen LogP contribution is -2.31. The van der Waals surface area contributed by atoms with Gasteiger partial charge in [-0.1, -0.05) is 24.3 Å². The molecule has 0 fully saturated rings. The Balaban J connectivity index is 1.67. The first-order chi connectivity index (χ1) is 14.1. The smallest absolute Gasteiger partial charge is 0.245 e. The van der Waals surface area contributed by atoms with Gasteiger partial charge in [-0.3, -0.25) is 9.59 Å². The Morgan fingerprint density at radius 1 is 1.07 bits per heavy atom. The fourth-order valence-electron chi connectivity index (χ4n) is 2.99. The van der Waals surface area contributed by atoms with Gasteiger partial charge in [-0.25, -0.2) is 9.37 Å². The Hall–Kier alpha value is -3.26. The van der Waals surface area contributed by atoms with Gasteiger partial charge >= 0.3 is 0 Å². The summed E-state index contributed by atoms with van der Waals surface area (Å²) in [6.45, 7) is 0.808. The summed E-state index contributed by atoms with van der Waals surface area (Å²) >= 11 is 0. The van der Waals surface area contributed by atoms with Crippen molar-refractivity contribution in [2.45, 2.75) is 19.5 Å². The number of halogens is 1.